The number of aliphatic hydroxyl groups is 1. The van der Waals surface area contributed by atoms with E-state index in [1.54, 1.807) is 20.8 Å². The van der Waals surface area contributed by atoms with E-state index in [1.807, 2.05) is 6.92 Å². The van der Waals surface area contributed by atoms with Crippen molar-refractivity contribution in [2.24, 2.45) is 17.6 Å². The third-order valence-corrected chi connectivity index (χ3v) is 4.76. The SMILES string of the molecule is CCC(C)C(NC(=O)C(N)CS)C(=O)NC(C(=O)NC(CO)C(=O)O)C(C)C. The van der Waals surface area contributed by atoms with Gasteiger partial charge in [-0.2, -0.15) is 12.6 Å². The summed E-state index contributed by atoms with van der Waals surface area (Å²) in [6.07, 6.45) is 0.582. The topological polar surface area (TPSA) is 171 Å². The number of carbonyl (C=O) groups is 4. The number of amides is 3. The molecule has 0 heterocycles. The van der Waals surface area contributed by atoms with Crippen LogP contribution in [-0.2, 0) is 19.2 Å². The Morgan fingerprint density at radius 3 is 1.86 bits per heavy atom. The van der Waals surface area contributed by atoms with Crippen LogP contribution in [0.1, 0.15) is 34.1 Å². The largest absolute Gasteiger partial charge is 0.480 e. The van der Waals surface area contributed by atoms with Crippen molar-refractivity contribution in [3.05, 3.63) is 0 Å². The maximum absolute atomic E-state index is 12.8. The van der Waals surface area contributed by atoms with Gasteiger partial charge in [0, 0.05) is 5.75 Å². The first-order valence-corrected chi connectivity index (χ1v) is 9.74. The Labute approximate surface area is 170 Å². The first kappa shape index (κ1) is 26.1. The van der Waals surface area contributed by atoms with E-state index < -0.39 is 54.5 Å². The summed E-state index contributed by atoms with van der Waals surface area (Å²) >= 11 is 3.96. The lowest BCUT2D eigenvalue weighted by molar-refractivity contribution is -0.143. The summed E-state index contributed by atoms with van der Waals surface area (Å²) in [5.41, 5.74) is 5.64. The van der Waals surface area contributed by atoms with Crippen molar-refractivity contribution in [3.63, 3.8) is 0 Å². The zero-order valence-electron chi connectivity index (χ0n) is 16.6. The molecule has 0 spiro atoms. The molecular formula is C17H32N4O6S. The van der Waals surface area contributed by atoms with E-state index in [4.69, 9.17) is 15.9 Å². The molecular weight excluding hydrogens is 388 g/mol. The van der Waals surface area contributed by atoms with E-state index in [1.165, 1.54) is 0 Å². The van der Waals surface area contributed by atoms with Gasteiger partial charge in [0.1, 0.15) is 18.1 Å². The van der Waals surface area contributed by atoms with Crippen LogP contribution < -0.4 is 21.7 Å². The molecule has 7 N–H and O–H groups in total. The number of rotatable bonds is 12. The van der Waals surface area contributed by atoms with Crippen LogP contribution in [0.4, 0.5) is 0 Å². The highest BCUT2D eigenvalue weighted by atomic mass is 32.1. The Morgan fingerprint density at radius 2 is 1.46 bits per heavy atom. The Kier molecular flexibility index (Phi) is 11.7. The minimum absolute atomic E-state index is 0.107. The molecule has 0 aliphatic heterocycles. The molecule has 0 aromatic rings. The van der Waals surface area contributed by atoms with Crippen molar-refractivity contribution in [2.75, 3.05) is 12.4 Å². The number of carboxylic acids is 1. The second-order valence-corrected chi connectivity index (χ2v) is 7.34. The molecule has 0 aromatic heterocycles. The van der Waals surface area contributed by atoms with Gasteiger partial charge in [0.2, 0.25) is 17.7 Å². The summed E-state index contributed by atoms with van der Waals surface area (Å²) < 4.78 is 0. The highest BCUT2D eigenvalue weighted by Gasteiger charge is 2.33. The molecule has 28 heavy (non-hydrogen) atoms. The minimum atomic E-state index is -1.48. The van der Waals surface area contributed by atoms with E-state index in [0.29, 0.717) is 6.42 Å². The van der Waals surface area contributed by atoms with E-state index in [0.717, 1.165) is 0 Å². The van der Waals surface area contributed by atoms with Gasteiger partial charge >= 0.3 is 5.97 Å². The molecule has 0 rings (SSSR count). The first-order chi connectivity index (χ1) is 13.0. The second kappa shape index (κ2) is 12.6. The van der Waals surface area contributed by atoms with Crippen molar-refractivity contribution < 1.29 is 29.4 Å². The molecule has 0 fully saturated rings. The van der Waals surface area contributed by atoms with Crippen molar-refractivity contribution in [1.82, 2.24) is 16.0 Å². The number of carboxylic acid groups (broad SMARTS) is 1. The Bertz CT molecular complexity index is 560. The summed E-state index contributed by atoms with van der Waals surface area (Å²) in [5, 5.41) is 25.4. The van der Waals surface area contributed by atoms with Crippen LogP contribution in [-0.4, -0.2) is 70.4 Å². The predicted molar refractivity (Wildman–Crippen MR) is 107 cm³/mol. The van der Waals surface area contributed by atoms with Crippen LogP contribution in [0.5, 0.6) is 0 Å². The Balaban J connectivity index is 5.36. The van der Waals surface area contributed by atoms with Crippen LogP contribution in [0.25, 0.3) is 0 Å². The molecule has 11 heteroatoms. The second-order valence-electron chi connectivity index (χ2n) is 6.97. The molecule has 0 aromatic carbocycles. The fraction of sp³-hybridized carbons (Fsp3) is 0.765. The number of carbonyl (C=O) groups excluding carboxylic acids is 3. The number of nitrogens with two attached hydrogens (primary N) is 1. The summed E-state index contributed by atoms with van der Waals surface area (Å²) in [4.78, 5) is 48.3. The van der Waals surface area contributed by atoms with Gasteiger partial charge in [-0.1, -0.05) is 34.1 Å². The average molecular weight is 421 g/mol. The quantitative estimate of drug-likeness (QED) is 0.188. The van der Waals surface area contributed by atoms with Crippen LogP contribution >= 0.6 is 12.6 Å². The van der Waals surface area contributed by atoms with Gasteiger partial charge in [-0.05, 0) is 11.8 Å². The molecule has 162 valence electrons. The number of aliphatic carboxylic acids is 1. The fourth-order valence-corrected chi connectivity index (χ4v) is 2.44. The lowest BCUT2D eigenvalue weighted by atomic mass is 9.96. The number of hydrogen-bond donors (Lipinski definition) is 7. The van der Waals surface area contributed by atoms with Crippen LogP contribution in [0, 0.1) is 11.8 Å². The maximum Gasteiger partial charge on any atom is 0.328 e. The van der Waals surface area contributed by atoms with E-state index in [-0.39, 0.29) is 17.6 Å². The maximum atomic E-state index is 12.8. The zero-order chi connectivity index (χ0) is 22.0. The molecule has 5 atom stereocenters. The number of nitrogens with one attached hydrogen (secondary N) is 3. The number of aliphatic hydroxyl groups excluding tert-OH is 1. The highest BCUT2D eigenvalue weighted by molar-refractivity contribution is 7.80. The Morgan fingerprint density at radius 1 is 0.964 bits per heavy atom. The van der Waals surface area contributed by atoms with Crippen LogP contribution in [0.3, 0.4) is 0 Å². The predicted octanol–water partition coefficient (Wildman–Crippen LogP) is -1.52. The van der Waals surface area contributed by atoms with E-state index >= 15 is 0 Å². The van der Waals surface area contributed by atoms with Crippen molar-refractivity contribution >= 4 is 36.3 Å². The van der Waals surface area contributed by atoms with Gasteiger partial charge in [-0.15, -0.1) is 0 Å². The molecule has 0 saturated carbocycles. The molecule has 0 aliphatic carbocycles. The molecule has 0 radical (unpaired) electrons. The molecule has 0 aliphatic rings. The first-order valence-electron chi connectivity index (χ1n) is 9.11. The third kappa shape index (κ3) is 8.03. The van der Waals surface area contributed by atoms with Crippen LogP contribution in [0.2, 0.25) is 0 Å². The van der Waals surface area contributed by atoms with Gasteiger partial charge in [0.15, 0.2) is 0 Å². The highest BCUT2D eigenvalue weighted by Crippen LogP contribution is 2.11. The smallest absolute Gasteiger partial charge is 0.328 e. The summed E-state index contributed by atoms with van der Waals surface area (Å²) in [5.74, 6) is -3.76. The fourth-order valence-electron chi connectivity index (χ4n) is 2.27. The summed E-state index contributed by atoms with van der Waals surface area (Å²) in [6, 6.07) is -4.34. The molecule has 5 unspecified atom stereocenters. The van der Waals surface area contributed by atoms with Gasteiger partial charge in [0.05, 0.1) is 12.6 Å². The monoisotopic (exact) mass is 420 g/mol. The van der Waals surface area contributed by atoms with Crippen molar-refractivity contribution in [1.29, 1.82) is 0 Å². The average Bonchev–Trinajstić information content (AvgIpc) is 2.65. The standard InChI is InChI=1S/C17H32N4O6S/c1-5-9(4)13(21-14(23)10(18)7-28)16(25)20-12(8(2)3)15(24)19-11(6-22)17(26)27/h8-13,22,28H,5-7,18H2,1-4H3,(H,19,24)(H,20,25)(H,21,23)(H,26,27). The van der Waals surface area contributed by atoms with Gasteiger partial charge in [-0.3, -0.25) is 14.4 Å². The van der Waals surface area contributed by atoms with E-state index in [2.05, 4.69) is 28.6 Å². The van der Waals surface area contributed by atoms with E-state index in [9.17, 15) is 19.2 Å². The Hall–Kier alpha value is -1.85. The minimum Gasteiger partial charge on any atom is -0.480 e. The lowest BCUT2D eigenvalue weighted by Gasteiger charge is -2.29. The summed E-state index contributed by atoms with van der Waals surface area (Å²) in [6.45, 7) is 6.18. The third-order valence-electron chi connectivity index (χ3n) is 4.37. The number of hydrogen-bond acceptors (Lipinski definition) is 7. The van der Waals surface area contributed by atoms with Crippen molar-refractivity contribution in [3.8, 4) is 0 Å². The van der Waals surface area contributed by atoms with Gasteiger partial charge in [-0.25, -0.2) is 4.79 Å². The molecule has 0 bridgehead atoms. The van der Waals surface area contributed by atoms with Gasteiger partial charge in [0.25, 0.3) is 0 Å². The zero-order valence-corrected chi connectivity index (χ0v) is 17.5. The summed E-state index contributed by atoms with van der Waals surface area (Å²) in [7, 11) is 0. The number of thiol groups is 1. The molecule has 10 nitrogen and oxygen atoms in total. The van der Waals surface area contributed by atoms with Crippen LogP contribution in [0.15, 0.2) is 0 Å². The van der Waals surface area contributed by atoms with Gasteiger partial charge < -0.3 is 31.9 Å². The molecule has 3 amide bonds. The van der Waals surface area contributed by atoms with Crippen molar-refractivity contribution in [2.45, 2.75) is 58.3 Å². The molecule has 0 saturated heterocycles. The lowest BCUT2D eigenvalue weighted by Crippen LogP contribution is -2.60. The normalized spacial score (nSPS) is 16.4.